The number of ketones is 2. The summed E-state index contributed by atoms with van der Waals surface area (Å²) in [5.74, 6) is -0.499. The molecule has 1 atom stereocenters. The van der Waals surface area contributed by atoms with Crippen LogP contribution in [0.5, 0.6) is 5.75 Å². The number of methoxy groups -OCH3 is 1. The minimum Gasteiger partial charge on any atom is -0.497 e. The van der Waals surface area contributed by atoms with Crippen molar-refractivity contribution in [2.24, 2.45) is 5.92 Å². The summed E-state index contributed by atoms with van der Waals surface area (Å²) >= 11 is 0. The van der Waals surface area contributed by atoms with Crippen LogP contribution in [-0.4, -0.2) is 42.6 Å². The highest BCUT2D eigenvalue weighted by atomic mass is 16.5. The van der Waals surface area contributed by atoms with Gasteiger partial charge in [0.2, 0.25) is 0 Å². The Morgan fingerprint density at radius 3 is 2.11 bits per heavy atom. The Hall–Kier alpha value is -2.95. The van der Waals surface area contributed by atoms with Gasteiger partial charge < -0.3 is 9.64 Å². The second-order valence-electron chi connectivity index (χ2n) is 7.15. The standard InChI is InChI=1S/C23H25NO4/c1-16(25)21(17-8-10-20(28-2)11-9-17)22(26)18-12-14-24(15-13-18)23(27)19-6-4-3-5-7-19/h3-11,18,21H,12-15H2,1-2H3. The summed E-state index contributed by atoms with van der Waals surface area (Å²) in [5.41, 5.74) is 1.35. The molecule has 1 unspecified atom stereocenters. The largest absolute Gasteiger partial charge is 0.497 e. The number of nitrogens with zero attached hydrogens (tertiary/aromatic N) is 1. The molecule has 1 aliphatic rings. The van der Waals surface area contributed by atoms with Crippen LogP contribution in [0.25, 0.3) is 0 Å². The van der Waals surface area contributed by atoms with Gasteiger partial charge in [-0.2, -0.15) is 0 Å². The molecular weight excluding hydrogens is 354 g/mol. The van der Waals surface area contributed by atoms with Gasteiger partial charge in [-0.3, -0.25) is 14.4 Å². The first kappa shape index (κ1) is 19.8. The Labute approximate surface area is 165 Å². The number of ether oxygens (including phenoxy) is 1. The molecular formula is C23H25NO4. The number of hydrogen-bond donors (Lipinski definition) is 0. The molecule has 0 saturated carbocycles. The summed E-state index contributed by atoms with van der Waals surface area (Å²) in [6, 6.07) is 16.2. The van der Waals surface area contributed by atoms with E-state index in [2.05, 4.69) is 0 Å². The minimum absolute atomic E-state index is 0.00947. The number of hydrogen-bond acceptors (Lipinski definition) is 4. The van der Waals surface area contributed by atoms with Crippen LogP contribution >= 0.6 is 0 Å². The van der Waals surface area contributed by atoms with Crippen molar-refractivity contribution in [3.8, 4) is 5.75 Å². The van der Waals surface area contributed by atoms with Crippen molar-refractivity contribution in [2.75, 3.05) is 20.2 Å². The van der Waals surface area contributed by atoms with E-state index in [0.717, 1.165) is 0 Å². The molecule has 2 aromatic carbocycles. The first-order valence-electron chi connectivity index (χ1n) is 9.53. The van der Waals surface area contributed by atoms with Crippen molar-refractivity contribution in [1.29, 1.82) is 0 Å². The minimum atomic E-state index is -0.757. The second kappa shape index (κ2) is 8.83. The number of benzene rings is 2. The lowest BCUT2D eigenvalue weighted by atomic mass is 9.80. The molecule has 146 valence electrons. The molecule has 2 aromatic rings. The maximum Gasteiger partial charge on any atom is 0.253 e. The van der Waals surface area contributed by atoms with Crippen LogP contribution in [0.15, 0.2) is 54.6 Å². The van der Waals surface area contributed by atoms with Gasteiger partial charge in [-0.25, -0.2) is 0 Å². The summed E-state index contributed by atoms with van der Waals surface area (Å²) in [6.45, 7) is 2.51. The molecule has 0 aromatic heterocycles. The first-order valence-corrected chi connectivity index (χ1v) is 9.53. The highest BCUT2D eigenvalue weighted by Gasteiger charge is 2.34. The highest BCUT2D eigenvalue weighted by Crippen LogP contribution is 2.29. The Balaban J connectivity index is 1.67. The van der Waals surface area contributed by atoms with E-state index in [1.165, 1.54) is 6.92 Å². The number of carbonyl (C=O) groups is 3. The predicted octanol–water partition coefficient (Wildman–Crippen LogP) is 3.49. The fourth-order valence-electron chi connectivity index (χ4n) is 3.76. The van der Waals surface area contributed by atoms with E-state index in [9.17, 15) is 14.4 Å². The van der Waals surface area contributed by atoms with Gasteiger partial charge in [-0.05, 0) is 49.6 Å². The third-order valence-electron chi connectivity index (χ3n) is 5.35. The second-order valence-corrected chi connectivity index (χ2v) is 7.15. The van der Waals surface area contributed by atoms with Gasteiger partial charge in [0.25, 0.3) is 5.91 Å². The average molecular weight is 379 g/mol. The van der Waals surface area contributed by atoms with E-state index in [4.69, 9.17) is 4.74 Å². The Morgan fingerprint density at radius 1 is 0.964 bits per heavy atom. The molecule has 1 amide bonds. The third kappa shape index (κ3) is 4.30. The van der Waals surface area contributed by atoms with Crippen molar-refractivity contribution in [3.05, 3.63) is 65.7 Å². The average Bonchev–Trinajstić information content (AvgIpc) is 2.74. The van der Waals surface area contributed by atoms with E-state index in [-0.39, 0.29) is 23.4 Å². The summed E-state index contributed by atoms with van der Waals surface area (Å²) in [5, 5.41) is 0. The molecule has 28 heavy (non-hydrogen) atoms. The first-order chi connectivity index (χ1) is 13.5. The SMILES string of the molecule is COc1ccc(C(C(C)=O)C(=O)C2CCN(C(=O)c3ccccc3)CC2)cc1. The molecule has 1 aliphatic heterocycles. The normalized spacial score (nSPS) is 15.7. The number of amides is 1. The number of carbonyl (C=O) groups excluding carboxylic acids is 3. The third-order valence-corrected chi connectivity index (χ3v) is 5.35. The maximum atomic E-state index is 13.1. The van der Waals surface area contributed by atoms with E-state index in [1.807, 2.05) is 18.2 Å². The molecule has 5 nitrogen and oxygen atoms in total. The van der Waals surface area contributed by atoms with Gasteiger partial charge in [0.1, 0.15) is 17.5 Å². The number of piperidine rings is 1. The lowest BCUT2D eigenvalue weighted by Crippen LogP contribution is -2.41. The van der Waals surface area contributed by atoms with Crippen LogP contribution in [0.4, 0.5) is 0 Å². The van der Waals surface area contributed by atoms with E-state index in [1.54, 1.807) is 48.4 Å². The molecule has 0 spiro atoms. The number of Topliss-reactive ketones (excluding diaryl/α,β-unsaturated/α-hetero) is 2. The fourth-order valence-corrected chi connectivity index (χ4v) is 3.76. The van der Waals surface area contributed by atoms with E-state index >= 15 is 0 Å². The van der Waals surface area contributed by atoms with Crippen molar-refractivity contribution >= 4 is 17.5 Å². The van der Waals surface area contributed by atoms with Gasteiger partial charge >= 0.3 is 0 Å². The molecule has 0 N–H and O–H groups in total. The molecule has 0 aliphatic carbocycles. The monoisotopic (exact) mass is 379 g/mol. The van der Waals surface area contributed by atoms with Crippen molar-refractivity contribution in [2.45, 2.75) is 25.7 Å². The molecule has 3 rings (SSSR count). The molecule has 1 heterocycles. The van der Waals surface area contributed by atoms with Crippen LogP contribution in [0, 0.1) is 5.92 Å². The lowest BCUT2D eigenvalue weighted by Gasteiger charge is -2.32. The number of rotatable bonds is 6. The zero-order valence-corrected chi connectivity index (χ0v) is 16.3. The van der Waals surface area contributed by atoms with Crippen molar-refractivity contribution in [3.63, 3.8) is 0 Å². The van der Waals surface area contributed by atoms with Crippen molar-refractivity contribution < 1.29 is 19.1 Å². The Kier molecular flexibility index (Phi) is 6.24. The van der Waals surface area contributed by atoms with Gasteiger partial charge in [0.05, 0.1) is 7.11 Å². The summed E-state index contributed by atoms with van der Waals surface area (Å²) in [4.78, 5) is 39.7. The highest BCUT2D eigenvalue weighted by molar-refractivity contribution is 6.07. The Bertz CT molecular complexity index is 837. The van der Waals surface area contributed by atoms with Gasteiger partial charge in [-0.15, -0.1) is 0 Å². The van der Waals surface area contributed by atoms with Crippen LogP contribution in [0.2, 0.25) is 0 Å². The smallest absolute Gasteiger partial charge is 0.253 e. The van der Waals surface area contributed by atoms with Gasteiger partial charge in [0.15, 0.2) is 5.78 Å². The van der Waals surface area contributed by atoms with E-state index < -0.39 is 5.92 Å². The summed E-state index contributed by atoms with van der Waals surface area (Å²) in [7, 11) is 1.58. The maximum absolute atomic E-state index is 13.1. The molecule has 1 fully saturated rings. The Morgan fingerprint density at radius 2 is 1.57 bits per heavy atom. The molecule has 1 saturated heterocycles. The van der Waals surface area contributed by atoms with E-state index in [0.29, 0.717) is 42.8 Å². The fraction of sp³-hybridized carbons (Fsp3) is 0.348. The zero-order valence-electron chi connectivity index (χ0n) is 16.3. The van der Waals surface area contributed by atoms with Gasteiger partial charge in [-0.1, -0.05) is 30.3 Å². The predicted molar refractivity (Wildman–Crippen MR) is 106 cm³/mol. The molecule has 0 bridgehead atoms. The van der Waals surface area contributed by atoms with Crippen LogP contribution in [0.3, 0.4) is 0 Å². The number of likely N-dealkylation sites (tertiary alicyclic amines) is 1. The molecule has 0 radical (unpaired) electrons. The lowest BCUT2D eigenvalue weighted by molar-refractivity contribution is -0.131. The van der Waals surface area contributed by atoms with Crippen LogP contribution < -0.4 is 4.74 Å². The van der Waals surface area contributed by atoms with Crippen molar-refractivity contribution in [1.82, 2.24) is 4.90 Å². The molecule has 5 heteroatoms. The quantitative estimate of drug-likeness (QED) is 0.721. The van der Waals surface area contributed by atoms with Crippen LogP contribution in [0.1, 0.15) is 41.6 Å². The van der Waals surface area contributed by atoms with Gasteiger partial charge in [0, 0.05) is 24.6 Å². The topological polar surface area (TPSA) is 63.7 Å². The van der Waals surface area contributed by atoms with Crippen LogP contribution in [-0.2, 0) is 9.59 Å². The zero-order chi connectivity index (χ0) is 20.1. The summed E-state index contributed by atoms with van der Waals surface area (Å²) in [6.07, 6.45) is 1.16. The summed E-state index contributed by atoms with van der Waals surface area (Å²) < 4.78 is 5.15.